The number of piperidine rings is 1. The van der Waals surface area contributed by atoms with Gasteiger partial charge in [-0.2, -0.15) is 10.5 Å². The Balaban J connectivity index is 1.78. The molecule has 0 spiro atoms. The number of hydrogen-bond acceptors (Lipinski definition) is 5. The maximum Gasteiger partial charge on any atom is 0.137 e. The summed E-state index contributed by atoms with van der Waals surface area (Å²) in [6, 6.07) is 15.1. The summed E-state index contributed by atoms with van der Waals surface area (Å²) in [5.41, 5.74) is 8.98. The first-order valence-electron chi connectivity index (χ1n) is 10.4. The lowest BCUT2D eigenvalue weighted by atomic mass is 9.96. The Morgan fingerprint density at radius 1 is 1.22 bits per heavy atom. The largest absolute Gasteiger partial charge is 0.495 e. The van der Waals surface area contributed by atoms with Gasteiger partial charge in [0.05, 0.1) is 29.8 Å². The van der Waals surface area contributed by atoms with Crippen molar-refractivity contribution in [3.8, 4) is 17.9 Å². The summed E-state index contributed by atoms with van der Waals surface area (Å²) in [5.74, 6) is 1.28. The number of hydrogen-bond donors (Lipinski definition) is 2. The number of methoxy groups -OCH3 is 1. The van der Waals surface area contributed by atoms with Gasteiger partial charge in [-0.05, 0) is 55.2 Å². The fraction of sp³-hybridized carbons (Fsp3) is 0.333. The van der Waals surface area contributed by atoms with E-state index in [0.717, 1.165) is 18.4 Å². The molecule has 2 aromatic rings. The van der Waals surface area contributed by atoms with Crippen LogP contribution in [0.5, 0.6) is 5.75 Å². The topological polar surface area (TPSA) is 122 Å². The molecule has 1 aliphatic heterocycles. The molecule has 8 heteroatoms. The van der Waals surface area contributed by atoms with E-state index in [1.807, 2.05) is 23.1 Å². The zero-order chi connectivity index (χ0) is 23.1. The molecule has 0 unspecified atom stereocenters. The number of ether oxygens (including phenoxy) is 1. The van der Waals surface area contributed by atoms with Gasteiger partial charge in [0.1, 0.15) is 17.4 Å². The van der Waals surface area contributed by atoms with Crippen molar-refractivity contribution in [3.05, 3.63) is 63.7 Å². The second kappa shape index (κ2) is 10.7. The minimum Gasteiger partial charge on any atom is -0.495 e. The standard InChI is InChI=1S/C24H25ClN6O/c1-32-22-5-3-16(13-21(22)25)6-9-30-23(28)20-12-18(15-27)2-4-19(20)24(29)31-10-7-17(14-26)8-11-31/h2-5,12-13,17,29H,6-11H2,1H3,(H2,28,30). The highest BCUT2D eigenvalue weighted by Gasteiger charge is 2.23. The van der Waals surface area contributed by atoms with Crippen LogP contribution in [0.2, 0.25) is 5.02 Å². The minimum absolute atomic E-state index is 0.0394. The first-order valence-corrected chi connectivity index (χ1v) is 10.7. The molecule has 32 heavy (non-hydrogen) atoms. The van der Waals surface area contributed by atoms with Crippen LogP contribution in [-0.4, -0.2) is 43.3 Å². The van der Waals surface area contributed by atoms with Crippen molar-refractivity contribution in [2.45, 2.75) is 19.3 Å². The molecule has 3 N–H and O–H groups in total. The van der Waals surface area contributed by atoms with Crippen molar-refractivity contribution in [2.75, 3.05) is 26.7 Å². The Bertz CT molecular complexity index is 1110. The summed E-state index contributed by atoms with van der Waals surface area (Å²) >= 11 is 6.19. The van der Waals surface area contributed by atoms with Gasteiger partial charge in [0.15, 0.2) is 0 Å². The predicted molar refractivity (Wildman–Crippen MR) is 125 cm³/mol. The molecular weight excluding hydrogens is 424 g/mol. The SMILES string of the molecule is COc1ccc(CCN=C(N)c2cc(C#N)ccc2C(=N)N2CCC(C#N)CC2)cc1Cl. The first kappa shape index (κ1) is 23.1. The molecule has 2 aromatic carbocycles. The van der Waals surface area contributed by atoms with E-state index in [1.54, 1.807) is 25.3 Å². The Morgan fingerprint density at radius 3 is 2.59 bits per heavy atom. The molecular formula is C24H25ClN6O. The molecule has 1 aliphatic rings. The molecule has 0 bridgehead atoms. The van der Waals surface area contributed by atoms with Crippen LogP contribution in [0.25, 0.3) is 0 Å². The van der Waals surface area contributed by atoms with E-state index >= 15 is 0 Å². The van der Waals surface area contributed by atoms with Crippen LogP contribution in [0.15, 0.2) is 41.4 Å². The van der Waals surface area contributed by atoms with Crippen LogP contribution in [0, 0.1) is 34.0 Å². The molecule has 7 nitrogen and oxygen atoms in total. The van der Waals surface area contributed by atoms with Gasteiger partial charge in [-0.15, -0.1) is 0 Å². The van der Waals surface area contributed by atoms with Gasteiger partial charge < -0.3 is 15.4 Å². The normalized spacial score (nSPS) is 14.5. The van der Waals surface area contributed by atoms with Crippen LogP contribution in [-0.2, 0) is 6.42 Å². The van der Waals surface area contributed by atoms with E-state index in [-0.39, 0.29) is 11.8 Å². The van der Waals surface area contributed by atoms with Crippen molar-refractivity contribution < 1.29 is 4.74 Å². The first-order chi connectivity index (χ1) is 15.5. The van der Waals surface area contributed by atoms with Crippen molar-refractivity contribution in [1.29, 1.82) is 15.9 Å². The number of benzene rings is 2. The Kier molecular flexibility index (Phi) is 7.70. The van der Waals surface area contributed by atoms with Gasteiger partial charge in [-0.3, -0.25) is 10.4 Å². The summed E-state index contributed by atoms with van der Waals surface area (Å²) in [6.45, 7) is 1.73. The Hall–Kier alpha value is -3.55. The number of nitriles is 2. The van der Waals surface area contributed by atoms with Gasteiger partial charge >= 0.3 is 0 Å². The van der Waals surface area contributed by atoms with E-state index in [9.17, 15) is 5.26 Å². The second-order valence-electron chi connectivity index (χ2n) is 7.60. The maximum absolute atomic E-state index is 9.32. The van der Waals surface area contributed by atoms with Crippen molar-refractivity contribution in [3.63, 3.8) is 0 Å². The van der Waals surface area contributed by atoms with E-state index in [4.69, 9.17) is 32.7 Å². The third kappa shape index (κ3) is 5.38. The van der Waals surface area contributed by atoms with E-state index < -0.39 is 0 Å². The molecule has 1 saturated heterocycles. The number of aliphatic imine (C=N–C) groups is 1. The zero-order valence-electron chi connectivity index (χ0n) is 17.9. The quantitative estimate of drug-likeness (QED) is 0.514. The Labute approximate surface area is 193 Å². The van der Waals surface area contributed by atoms with Crippen LogP contribution in [0.1, 0.15) is 35.1 Å². The molecule has 3 rings (SSSR count). The molecule has 0 aromatic heterocycles. The Morgan fingerprint density at radius 2 is 1.97 bits per heavy atom. The average Bonchev–Trinajstić information content (AvgIpc) is 2.83. The lowest BCUT2D eigenvalue weighted by Crippen LogP contribution is -2.39. The third-order valence-electron chi connectivity index (χ3n) is 5.57. The number of nitrogens with zero attached hydrogens (tertiary/aromatic N) is 4. The van der Waals surface area contributed by atoms with Gasteiger partial charge in [0, 0.05) is 36.7 Å². The highest BCUT2D eigenvalue weighted by Crippen LogP contribution is 2.25. The molecule has 0 atom stereocenters. The summed E-state index contributed by atoms with van der Waals surface area (Å²) in [7, 11) is 1.57. The summed E-state index contributed by atoms with van der Waals surface area (Å²) < 4.78 is 5.17. The number of rotatable bonds is 6. The van der Waals surface area contributed by atoms with Gasteiger partial charge in [0.2, 0.25) is 0 Å². The van der Waals surface area contributed by atoms with Crippen molar-refractivity contribution >= 4 is 23.3 Å². The monoisotopic (exact) mass is 448 g/mol. The minimum atomic E-state index is 0.0394. The number of halogens is 1. The zero-order valence-corrected chi connectivity index (χ0v) is 18.7. The number of nitrogens with one attached hydrogen (secondary N) is 1. The lowest BCUT2D eigenvalue weighted by Gasteiger charge is -2.31. The molecule has 1 fully saturated rings. The van der Waals surface area contributed by atoms with Crippen LogP contribution in [0.3, 0.4) is 0 Å². The highest BCUT2D eigenvalue weighted by molar-refractivity contribution is 6.32. The average molecular weight is 449 g/mol. The summed E-state index contributed by atoms with van der Waals surface area (Å²) in [6.07, 6.45) is 2.10. The summed E-state index contributed by atoms with van der Waals surface area (Å²) in [4.78, 5) is 6.45. The van der Waals surface area contributed by atoms with Gasteiger partial charge in [-0.1, -0.05) is 17.7 Å². The fourth-order valence-corrected chi connectivity index (χ4v) is 3.97. The molecule has 1 heterocycles. The number of nitrogens with two attached hydrogens (primary N) is 1. The predicted octanol–water partition coefficient (Wildman–Crippen LogP) is 3.73. The molecule has 164 valence electrons. The van der Waals surface area contributed by atoms with E-state index in [2.05, 4.69) is 17.1 Å². The van der Waals surface area contributed by atoms with E-state index in [0.29, 0.717) is 59.4 Å². The van der Waals surface area contributed by atoms with Gasteiger partial charge in [0.25, 0.3) is 0 Å². The van der Waals surface area contributed by atoms with E-state index in [1.165, 1.54) is 0 Å². The lowest BCUT2D eigenvalue weighted by molar-refractivity contribution is 0.302. The summed E-state index contributed by atoms with van der Waals surface area (Å²) in [5, 5.41) is 27.7. The third-order valence-corrected chi connectivity index (χ3v) is 5.87. The second-order valence-corrected chi connectivity index (χ2v) is 8.00. The van der Waals surface area contributed by atoms with Crippen LogP contribution < -0.4 is 10.5 Å². The van der Waals surface area contributed by atoms with Gasteiger partial charge in [-0.25, -0.2) is 0 Å². The van der Waals surface area contributed by atoms with Crippen molar-refractivity contribution in [1.82, 2.24) is 4.90 Å². The smallest absolute Gasteiger partial charge is 0.137 e. The molecule has 0 amide bonds. The fourth-order valence-electron chi connectivity index (χ4n) is 3.69. The molecule has 0 saturated carbocycles. The van der Waals surface area contributed by atoms with Crippen LogP contribution >= 0.6 is 11.6 Å². The highest BCUT2D eigenvalue weighted by atomic mass is 35.5. The number of likely N-dealkylation sites (tertiary alicyclic amines) is 1. The number of amidine groups is 2. The maximum atomic E-state index is 9.32. The van der Waals surface area contributed by atoms with Crippen LogP contribution in [0.4, 0.5) is 0 Å². The molecule has 0 radical (unpaired) electrons. The van der Waals surface area contributed by atoms with Crippen molar-refractivity contribution in [2.24, 2.45) is 16.6 Å². The molecule has 0 aliphatic carbocycles.